The molecule has 0 N–H and O–H groups in total. The maximum Gasteiger partial charge on any atom is 0.266 e. The highest BCUT2D eigenvalue weighted by atomic mass is 32.2. The van der Waals surface area contributed by atoms with Gasteiger partial charge in [-0.25, -0.2) is 0 Å². The van der Waals surface area contributed by atoms with Crippen LogP contribution in [0.4, 0.5) is 0 Å². The third kappa shape index (κ3) is 3.48. The monoisotopic (exact) mass is 385 g/mol. The zero-order valence-corrected chi connectivity index (χ0v) is 16.4. The van der Waals surface area contributed by atoms with Crippen molar-refractivity contribution >= 4 is 40.3 Å². The molecule has 2 aromatic carbocycles. The molecular weight excluding hydrogens is 366 g/mol. The van der Waals surface area contributed by atoms with Gasteiger partial charge >= 0.3 is 0 Å². The summed E-state index contributed by atoms with van der Waals surface area (Å²) in [4.78, 5) is 15.2. The number of para-hydroxylation sites is 1. The normalized spacial score (nSPS) is 16.9. The molecule has 134 valence electrons. The minimum Gasteiger partial charge on any atom is -0.493 e. The molecule has 0 spiro atoms. The Morgan fingerprint density at radius 2 is 1.81 bits per heavy atom. The molecule has 4 nitrogen and oxygen atoms in total. The number of hydrogen-bond acceptors (Lipinski definition) is 5. The van der Waals surface area contributed by atoms with Gasteiger partial charge in [0.25, 0.3) is 5.91 Å². The minimum absolute atomic E-state index is 0.0961. The maximum absolute atomic E-state index is 13.0. The van der Waals surface area contributed by atoms with Crippen molar-refractivity contribution in [2.75, 3.05) is 14.2 Å². The Morgan fingerprint density at radius 1 is 1.08 bits per heavy atom. The van der Waals surface area contributed by atoms with Crippen molar-refractivity contribution in [2.45, 2.75) is 13.0 Å². The van der Waals surface area contributed by atoms with E-state index < -0.39 is 0 Å². The molecule has 6 heteroatoms. The third-order valence-corrected chi connectivity index (χ3v) is 5.54. The van der Waals surface area contributed by atoms with E-state index in [1.54, 1.807) is 25.2 Å². The van der Waals surface area contributed by atoms with Crippen molar-refractivity contribution in [3.8, 4) is 11.5 Å². The van der Waals surface area contributed by atoms with E-state index in [0.717, 1.165) is 11.1 Å². The van der Waals surface area contributed by atoms with Crippen LogP contribution in [-0.4, -0.2) is 29.3 Å². The lowest BCUT2D eigenvalue weighted by molar-refractivity contribution is -0.123. The first-order chi connectivity index (χ1) is 12.6. The molecule has 1 heterocycles. The van der Waals surface area contributed by atoms with Crippen LogP contribution in [0.2, 0.25) is 0 Å². The highest BCUT2D eigenvalue weighted by Crippen LogP contribution is 2.40. The van der Waals surface area contributed by atoms with E-state index in [9.17, 15) is 4.79 Å². The Kier molecular flexibility index (Phi) is 5.64. The van der Waals surface area contributed by atoms with Crippen LogP contribution in [-0.2, 0) is 4.79 Å². The van der Waals surface area contributed by atoms with Crippen molar-refractivity contribution in [3.63, 3.8) is 0 Å². The van der Waals surface area contributed by atoms with Crippen LogP contribution in [0.3, 0.4) is 0 Å². The highest BCUT2D eigenvalue weighted by Gasteiger charge is 2.36. The molecule has 26 heavy (non-hydrogen) atoms. The van der Waals surface area contributed by atoms with Gasteiger partial charge in [0, 0.05) is 5.56 Å². The second-order valence-corrected chi connectivity index (χ2v) is 7.40. The average Bonchev–Trinajstić information content (AvgIpc) is 2.94. The average molecular weight is 386 g/mol. The third-order valence-electron chi connectivity index (χ3n) is 4.21. The summed E-state index contributed by atoms with van der Waals surface area (Å²) in [7, 11) is 3.17. The zero-order valence-electron chi connectivity index (χ0n) is 14.8. The summed E-state index contributed by atoms with van der Waals surface area (Å²) in [5.41, 5.74) is 1.82. The lowest BCUT2D eigenvalue weighted by Crippen LogP contribution is -2.30. The van der Waals surface area contributed by atoms with Crippen LogP contribution in [0.1, 0.15) is 24.1 Å². The number of hydrogen-bond donors (Lipinski definition) is 0. The Hall–Kier alpha value is -2.31. The fourth-order valence-electron chi connectivity index (χ4n) is 2.86. The van der Waals surface area contributed by atoms with E-state index in [2.05, 4.69) is 0 Å². The largest absolute Gasteiger partial charge is 0.493 e. The summed E-state index contributed by atoms with van der Waals surface area (Å²) >= 11 is 6.77. The molecule has 1 saturated heterocycles. The molecule has 0 bridgehead atoms. The number of methoxy groups -OCH3 is 2. The molecule has 1 aliphatic heterocycles. The summed E-state index contributed by atoms with van der Waals surface area (Å²) < 4.78 is 11.3. The molecule has 1 fully saturated rings. The zero-order chi connectivity index (χ0) is 18.7. The van der Waals surface area contributed by atoms with Crippen molar-refractivity contribution in [3.05, 3.63) is 64.6 Å². The molecule has 2 aromatic rings. The van der Waals surface area contributed by atoms with Gasteiger partial charge in [0.05, 0.1) is 25.2 Å². The van der Waals surface area contributed by atoms with Crippen LogP contribution >= 0.6 is 24.0 Å². The fourth-order valence-corrected chi connectivity index (χ4v) is 4.27. The number of benzene rings is 2. The Bertz CT molecular complexity index is 865. The molecule has 1 unspecified atom stereocenters. The Balaban J connectivity index is 1.93. The van der Waals surface area contributed by atoms with Gasteiger partial charge in [-0.2, -0.15) is 0 Å². The van der Waals surface area contributed by atoms with Crippen LogP contribution in [0.15, 0.2) is 53.4 Å². The van der Waals surface area contributed by atoms with Crippen molar-refractivity contribution in [1.29, 1.82) is 0 Å². The topological polar surface area (TPSA) is 38.8 Å². The van der Waals surface area contributed by atoms with E-state index in [0.29, 0.717) is 20.7 Å². The van der Waals surface area contributed by atoms with Gasteiger partial charge in [-0.15, -0.1) is 0 Å². The summed E-state index contributed by atoms with van der Waals surface area (Å²) in [6, 6.07) is 15.3. The minimum atomic E-state index is -0.123. The molecular formula is C20H19NO3S2. The number of carbonyl (C=O) groups excluding carboxylic acids is 1. The predicted molar refractivity (Wildman–Crippen MR) is 109 cm³/mol. The van der Waals surface area contributed by atoms with Gasteiger partial charge in [-0.05, 0) is 24.6 Å². The quantitative estimate of drug-likeness (QED) is 0.553. The maximum atomic E-state index is 13.0. The number of nitrogens with zero attached hydrogens (tertiary/aromatic N) is 1. The number of carbonyl (C=O) groups is 1. The summed E-state index contributed by atoms with van der Waals surface area (Å²) in [6.45, 7) is 1.98. The Morgan fingerprint density at radius 3 is 2.46 bits per heavy atom. The van der Waals surface area contributed by atoms with E-state index >= 15 is 0 Å². The number of thioether (sulfide) groups is 1. The molecule has 1 aliphatic rings. The van der Waals surface area contributed by atoms with E-state index in [4.69, 9.17) is 21.7 Å². The molecule has 0 aromatic heterocycles. The first-order valence-electron chi connectivity index (χ1n) is 8.09. The molecule has 0 saturated carbocycles. The first-order valence-corrected chi connectivity index (χ1v) is 9.32. The molecule has 1 amide bonds. The van der Waals surface area contributed by atoms with Gasteiger partial charge in [0.2, 0.25) is 0 Å². The van der Waals surface area contributed by atoms with Crippen molar-refractivity contribution in [2.24, 2.45) is 0 Å². The lowest BCUT2D eigenvalue weighted by Gasteiger charge is -2.23. The summed E-state index contributed by atoms with van der Waals surface area (Å²) in [5, 5.41) is 0. The standard InChI is InChI=1S/C20H19NO3S2/c1-13(14-8-5-4-6-9-14)21-19(22)17(26-20(21)25)12-15-10-7-11-16(23-2)18(15)24-3/h4-13H,1-3H3/b17-12+. The molecule has 0 radical (unpaired) electrons. The van der Waals surface area contributed by atoms with Crippen molar-refractivity contribution in [1.82, 2.24) is 4.90 Å². The van der Waals surface area contributed by atoms with E-state index in [1.165, 1.54) is 11.8 Å². The van der Waals surface area contributed by atoms with Gasteiger partial charge in [-0.3, -0.25) is 9.69 Å². The summed E-state index contributed by atoms with van der Waals surface area (Å²) in [6.07, 6.45) is 1.80. The van der Waals surface area contributed by atoms with Crippen LogP contribution in [0, 0.1) is 0 Å². The number of amides is 1. The SMILES string of the molecule is COc1cccc(/C=C2/SC(=S)N(C(C)c3ccccc3)C2=O)c1OC. The van der Waals surface area contributed by atoms with Crippen LogP contribution in [0.5, 0.6) is 11.5 Å². The second kappa shape index (κ2) is 7.93. The smallest absolute Gasteiger partial charge is 0.266 e. The predicted octanol–water partition coefficient (Wildman–Crippen LogP) is 4.67. The highest BCUT2D eigenvalue weighted by molar-refractivity contribution is 8.26. The molecule has 0 aliphatic carbocycles. The fraction of sp³-hybridized carbons (Fsp3) is 0.200. The van der Waals surface area contributed by atoms with Crippen LogP contribution in [0.25, 0.3) is 6.08 Å². The van der Waals surface area contributed by atoms with Gasteiger partial charge in [0.15, 0.2) is 11.5 Å². The van der Waals surface area contributed by atoms with E-state index in [1.807, 2.05) is 55.5 Å². The molecule has 1 atom stereocenters. The number of thiocarbonyl (C=S) groups is 1. The van der Waals surface area contributed by atoms with Crippen molar-refractivity contribution < 1.29 is 14.3 Å². The van der Waals surface area contributed by atoms with Gasteiger partial charge in [0.1, 0.15) is 4.32 Å². The number of rotatable bonds is 5. The van der Waals surface area contributed by atoms with Crippen LogP contribution < -0.4 is 9.47 Å². The second-order valence-electron chi connectivity index (χ2n) is 5.72. The molecule has 3 rings (SSSR count). The first kappa shape index (κ1) is 18.5. The Labute approximate surface area is 162 Å². The summed E-state index contributed by atoms with van der Waals surface area (Å²) in [5.74, 6) is 1.12. The lowest BCUT2D eigenvalue weighted by atomic mass is 10.1. The number of ether oxygens (including phenoxy) is 2. The van der Waals surface area contributed by atoms with E-state index in [-0.39, 0.29) is 11.9 Å². The van der Waals surface area contributed by atoms with Gasteiger partial charge < -0.3 is 9.47 Å². The van der Waals surface area contributed by atoms with Gasteiger partial charge in [-0.1, -0.05) is 66.4 Å².